The normalized spacial score (nSPS) is 12.0. The zero-order valence-electron chi connectivity index (χ0n) is 6.52. The van der Waals surface area contributed by atoms with Crippen LogP contribution in [0.2, 0.25) is 0 Å². The summed E-state index contributed by atoms with van der Waals surface area (Å²) in [4.78, 5) is 0. The van der Waals surface area contributed by atoms with Gasteiger partial charge in [-0.15, -0.1) is 0 Å². The monoisotopic (exact) mass is 148 g/mol. The predicted octanol–water partition coefficient (Wildman–Crippen LogP) is 0.850. The highest BCUT2D eigenvalue weighted by Gasteiger charge is 2.24. The Balaban J connectivity index is 3.87. The minimum Gasteiger partial charge on any atom is -0.315 e. The van der Waals surface area contributed by atoms with Gasteiger partial charge in [0.05, 0.1) is 0 Å². The molecule has 0 fully saturated rings. The van der Waals surface area contributed by atoms with Crippen LogP contribution < -0.4 is 11.0 Å². The van der Waals surface area contributed by atoms with Crippen LogP contribution in [0.15, 0.2) is 0 Å². The fourth-order valence-electron chi connectivity index (χ4n) is 0.898. The predicted molar refractivity (Wildman–Crippen MR) is 37.8 cm³/mol. The van der Waals surface area contributed by atoms with E-state index in [-0.39, 0.29) is 0 Å². The van der Waals surface area contributed by atoms with Crippen LogP contribution in [0.5, 0.6) is 0 Å². The Morgan fingerprint density at radius 2 is 1.70 bits per heavy atom. The van der Waals surface area contributed by atoms with Gasteiger partial charge >= 0.3 is 0 Å². The quantitative estimate of drug-likeness (QED) is 0.345. The minimum atomic E-state index is -0.714. The summed E-state index contributed by atoms with van der Waals surface area (Å²) in [6.45, 7) is 3.86. The van der Waals surface area contributed by atoms with E-state index in [2.05, 4.69) is 11.0 Å². The molecule has 0 aromatic rings. The number of rotatable bonds is 5. The van der Waals surface area contributed by atoms with Crippen molar-refractivity contribution in [2.24, 2.45) is 0 Å². The van der Waals surface area contributed by atoms with Gasteiger partial charge in [0.15, 0.2) is 0 Å². The molecule has 10 heavy (non-hydrogen) atoms. The van der Waals surface area contributed by atoms with E-state index >= 15 is 0 Å². The fourth-order valence-corrected chi connectivity index (χ4v) is 0.898. The molecule has 0 saturated carbocycles. The van der Waals surface area contributed by atoms with Crippen LogP contribution in [-0.4, -0.2) is 16.1 Å². The van der Waals surface area contributed by atoms with E-state index in [0.717, 1.165) is 6.42 Å². The van der Waals surface area contributed by atoms with Gasteiger partial charge in [-0.25, -0.2) is 0 Å². The highest BCUT2D eigenvalue weighted by Crippen LogP contribution is 2.11. The van der Waals surface area contributed by atoms with Crippen LogP contribution in [0.1, 0.15) is 33.1 Å². The Morgan fingerprint density at radius 3 is 1.80 bits per heavy atom. The average Bonchev–Trinajstić information content (AvgIpc) is 2.01. The lowest BCUT2D eigenvalue weighted by Crippen LogP contribution is -2.53. The standard InChI is InChI=1S/C6H16N2O2/c1-3-5-6(4-2,7-9)8-10/h7-10H,3-5H2,1-2H3. The van der Waals surface area contributed by atoms with E-state index in [4.69, 9.17) is 10.4 Å². The third-order valence-corrected chi connectivity index (χ3v) is 1.71. The van der Waals surface area contributed by atoms with Gasteiger partial charge in [0, 0.05) is 0 Å². The molecule has 0 aromatic carbocycles. The van der Waals surface area contributed by atoms with Crippen molar-refractivity contribution >= 4 is 0 Å². The summed E-state index contributed by atoms with van der Waals surface area (Å²) in [5, 5.41) is 17.3. The minimum absolute atomic E-state index is 0.633. The molecule has 0 bridgehead atoms. The van der Waals surface area contributed by atoms with Gasteiger partial charge in [-0.2, -0.15) is 11.0 Å². The number of hydroxylamine groups is 2. The van der Waals surface area contributed by atoms with Gasteiger partial charge in [-0.3, -0.25) is 0 Å². The second-order valence-electron chi connectivity index (χ2n) is 2.41. The summed E-state index contributed by atoms with van der Waals surface area (Å²) in [5.74, 6) is 0. The number of nitrogens with one attached hydrogen (secondary N) is 2. The molecule has 62 valence electrons. The summed E-state index contributed by atoms with van der Waals surface area (Å²) in [6, 6.07) is 0. The van der Waals surface area contributed by atoms with Crippen LogP contribution in [0.3, 0.4) is 0 Å². The van der Waals surface area contributed by atoms with E-state index in [0.29, 0.717) is 12.8 Å². The van der Waals surface area contributed by atoms with Crippen LogP contribution in [0.4, 0.5) is 0 Å². The van der Waals surface area contributed by atoms with E-state index < -0.39 is 5.66 Å². The third-order valence-electron chi connectivity index (χ3n) is 1.71. The molecular formula is C6H16N2O2. The summed E-state index contributed by atoms with van der Waals surface area (Å²) >= 11 is 0. The highest BCUT2D eigenvalue weighted by atomic mass is 16.5. The van der Waals surface area contributed by atoms with E-state index in [1.165, 1.54) is 0 Å². The topological polar surface area (TPSA) is 64.5 Å². The molecule has 0 aliphatic carbocycles. The Hall–Kier alpha value is -0.160. The molecule has 0 heterocycles. The van der Waals surface area contributed by atoms with E-state index in [9.17, 15) is 0 Å². The lowest BCUT2D eigenvalue weighted by Gasteiger charge is -2.28. The van der Waals surface area contributed by atoms with Crippen molar-refractivity contribution in [2.45, 2.75) is 38.8 Å². The Morgan fingerprint density at radius 1 is 1.20 bits per heavy atom. The maximum Gasteiger partial charge on any atom is 0.114 e. The second-order valence-corrected chi connectivity index (χ2v) is 2.41. The number of hydrogen-bond donors (Lipinski definition) is 4. The van der Waals surface area contributed by atoms with Crippen molar-refractivity contribution in [1.29, 1.82) is 0 Å². The van der Waals surface area contributed by atoms with Crippen molar-refractivity contribution in [3.63, 3.8) is 0 Å². The maximum absolute atomic E-state index is 8.64. The molecule has 0 unspecified atom stereocenters. The first-order valence-corrected chi connectivity index (χ1v) is 3.57. The molecule has 0 rings (SSSR count). The molecule has 0 aromatic heterocycles. The first-order valence-electron chi connectivity index (χ1n) is 3.57. The molecule has 0 aliphatic heterocycles. The summed E-state index contributed by atoms with van der Waals surface area (Å²) < 4.78 is 0. The molecule has 4 N–H and O–H groups in total. The third kappa shape index (κ3) is 2.22. The molecular weight excluding hydrogens is 132 g/mol. The summed E-state index contributed by atoms with van der Waals surface area (Å²) in [5.41, 5.74) is 3.40. The van der Waals surface area contributed by atoms with Crippen molar-refractivity contribution in [1.82, 2.24) is 11.0 Å². The van der Waals surface area contributed by atoms with Gasteiger partial charge in [-0.1, -0.05) is 20.3 Å². The lowest BCUT2D eigenvalue weighted by molar-refractivity contribution is -0.0517. The van der Waals surface area contributed by atoms with Gasteiger partial charge < -0.3 is 10.4 Å². The zero-order chi connectivity index (χ0) is 8.04. The van der Waals surface area contributed by atoms with Crippen molar-refractivity contribution in [3.8, 4) is 0 Å². The Labute approximate surface area is 61.2 Å². The smallest absolute Gasteiger partial charge is 0.114 e. The largest absolute Gasteiger partial charge is 0.315 e. The van der Waals surface area contributed by atoms with Crippen molar-refractivity contribution in [2.75, 3.05) is 0 Å². The molecule has 0 amide bonds. The van der Waals surface area contributed by atoms with Crippen LogP contribution >= 0.6 is 0 Å². The van der Waals surface area contributed by atoms with E-state index in [1.807, 2.05) is 13.8 Å². The maximum atomic E-state index is 8.64. The van der Waals surface area contributed by atoms with Gasteiger partial charge in [0.2, 0.25) is 0 Å². The zero-order valence-corrected chi connectivity index (χ0v) is 6.52. The van der Waals surface area contributed by atoms with Crippen LogP contribution in [0.25, 0.3) is 0 Å². The highest BCUT2D eigenvalue weighted by molar-refractivity contribution is 4.75. The second kappa shape index (κ2) is 4.62. The first-order chi connectivity index (χ1) is 4.74. The van der Waals surface area contributed by atoms with Crippen LogP contribution in [-0.2, 0) is 0 Å². The first kappa shape index (κ1) is 9.84. The lowest BCUT2D eigenvalue weighted by atomic mass is 10.0. The van der Waals surface area contributed by atoms with Gasteiger partial charge in [0.1, 0.15) is 5.66 Å². The molecule has 4 nitrogen and oxygen atoms in total. The SMILES string of the molecule is CCCC(CC)(NO)NO. The molecule has 0 aliphatic rings. The Bertz CT molecular complexity index is 75.6. The van der Waals surface area contributed by atoms with Crippen molar-refractivity contribution in [3.05, 3.63) is 0 Å². The molecule has 0 atom stereocenters. The van der Waals surface area contributed by atoms with Crippen LogP contribution in [0, 0.1) is 0 Å². The summed E-state index contributed by atoms with van der Waals surface area (Å²) in [7, 11) is 0. The number of hydrogen-bond acceptors (Lipinski definition) is 4. The van der Waals surface area contributed by atoms with E-state index in [1.54, 1.807) is 0 Å². The Kier molecular flexibility index (Phi) is 4.55. The van der Waals surface area contributed by atoms with Gasteiger partial charge in [-0.05, 0) is 12.8 Å². The molecule has 0 saturated heterocycles. The summed E-state index contributed by atoms with van der Waals surface area (Å²) in [6.07, 6.45) is 2.22. The average molecular weight is 148 g/mol. The fraction of sp³-hybridized carbons (Fsp3) is 1.00. The van der Waals surface area contributed by atoms with Crippen molar-refractivity contribution < 1.29 is 10.4 Å². The molecule has 0 radical (unpaired) electrons. The molecule has 0 spiro atoms. The molecule has 4 heteroatoms. The van der Waals surface area contributed by atoms with Gasteiger partial charge in [0.25, 0.3) is 0 Å².